The fourth-order valence-electron chi connectivity index (χ4n) is 3.09. The lowest BCUT2D eigenvalue weighted by Crippen LogP contribution is -2.33. The first-order valence-electron chi connectivity index (χ1n) is 9.38. The van der Waals surface area contributed by atoms with Gasteiger partial charge >= 0.3 is 5.97 Å². The Labute approximate surface area is 173 Å². The molecule has 0 saturated heterocycles. The number of hydrogen-bond acceptors (Lipinski definition) is 4. The van der Waals surface area contributed by atoms with Crippen LogP contribution in [0.25, 0.3) is 0 Å². The lowest BCUT2D eigenvalue weighted by molar-refractivity contribution is -0.150. The summed E-state index contributed by atoms with van der Waals surface area (Å²) in [6.07, 6.45) is 0.581. The van der Waals surface area contributed by atoms with E-state index < -0.39 is 23.8 Å². The Bertz CT molecular complexity index is 927. The van der Waals surface area contributed by atoms with Crippen LogP contribution in [-0.2, 0) is 14.3 Å². The first kappa shape index (κ1) is 20.7. The lowest BCUT2D eigenvalue weighted by atomic mass is 9.97. The fraction of sp³-hybridized carbons (Fsp3) is 0.217. The normalized spacial score (nSPS) is 12.8. The zero-order valence-corrected chi connectivity index (χ0v) is 16.8. The number of hydrogen-bond donors (Lipinski definition) is 1. The predicted octanol–water partition coefficient (Wildman–Crippen LogP) is 4.83. The quantitative estimate of drug-likeness (QED) is 0.540. The third-order valence-corrected chi connectivity index (χ3v) is 5.51. The summed E-state index contributed by atoms with van der Waals surface area (Å²) in [5, 5.41) is 4.79. The van der Waals surface area contributed by atoms with Gasteiger partial charge in [0.2, 0.25) is 0 Å². The third-order valence-electron chi connectivity index (χ3n) is 4.58. The molecule has 0 fully saturated rings. The molecule has 0 radical (unpaired) electrons. The molecule has 0 bridgehead atoms. The van der Waals surface area contributed by atoms with E-state index in [0.29, 0.717) is 6.42 Å². The molecule has 3 rings (SSSR count). The maximum atomic E-state index is 13.3. The smallest absolute Gasteiger partial charge is 0.313 e. The van der Waals surface area contributed by atoms with Crippen LogP contribution in [-0.4, -0.2) is 18.5 Å². The summed E-state index contributed by atoms with van der Waals surface area (Å²) in [5.74, 6) is -1.59. The molecule has 1 N–H and O–H groups in total. The van der Waals surface area contributed by atoms with Gasteiger partial charge in [0, 0.05) is 4.88 Å². The van der Waals surface area contributed by atoms with Crippen molar-refractivity contribution in [3.63, 3.8) is 0 Å². The Morgan fingerprint density at radius 3 is 2.34 bits per heavy atom. The molecule has 0 aliphatic carbocycles. The standard InChI is InChI=1S/C23H22FNO3S/c1-2-19(16-7-4-3-5-8-16)23(27)28-15-21(26)25-22(20-9-6-14-29-20)17-10-12-18(24)13-11-17/h3-14,19,22H,2,15H2,1H3,(H,25,26)/t19-,22+/m0/s1. The average molecular weight is 411 g/mol. The Kier molecular flexibility index (Phi) is 7.14. The first-order valence-corrected chi connectivity index (χ1v) is 10.3. The topological polar surface area (TPSA) is 55.4 Å². The van der Waals surface area contributed by atoms with Gasteiger partial charge in [-0.2, -0.15) is 0 Å². The molecule has 0 spiro atoms. The maximum absolute atomic E-state index is 13.3. The molecular formula is C23H22FNO3S. The molecule has 1 amide bonds. The molecule has 2 aromatic carbocycles. The second kappa shape index (κ2) is 9.98. The van der Waals surface area contributed by atoms with Crippen LogP contribution in [0.15, 0.2) is 72.1 Å². The highest BCUT2D eigenvalue weighted by atomic mass is 32.1. The number of thiophene rings is 1. The molecule has 3 aromatic rings. The second-order valence-electron chi connectivity index (χ2n) is 6.55. The highest BCUT2D eigenvalue weighted by Gasteiger charge is 2.23. The van der Waals surface area contributed by atoms with Crippen molar-refractivity contribution in [2.45, 2.75) is 25.3 Å². The van der Waals surface area contributed by atoms with Crippen LogP contribution in [0.4, 0.5) is 4.39 Å². The van der Waals surface area contributed by atoms with Crippen LogP contribution in [0.5, 0.6) is 0 Å². The summed E-state index contributed by atoms with van der Waals surface area (Å²) in [7, 11) is 0. The fourth-order valence-corrected chi connectivity index (χ4v) is 3.90. The second-order valence-corrected chi connectivity index (χ2v) is 7.53. The van der Waals surface area contributed by atoms with Crippen molar-refractivity contribution in [2.75, 3.05) is 6.61 Å². The van der Waals surface area contributed by atoms with Crippen LogP contribution in [0.2, 0.25) is 0 Å². The van der Waals surface area contributed by atoms with Crippen LogP contribution in [0.3, 0.4) is 0 Å². The molecule has 150 valence electrons. The molecule has 4 nitrogen and oxygen atoms in total. The minimum atomic E-state index is -0.433. The zero-order valence-electron chi connectivity index (χ0n) is 16.0. The van der Waals surface area contributed by atoms with E-state index in [1.807, 2.05) is 54.8 Å². The summed E-state index contributed by atoms with van der Waals surface area (Å²) in [5.41, 5.74) is 1.62. The van der Waals surface area contributed by atoms with Gasteiger partial charge in [0.25, 0.3) is 5.91 Å². The van der Waals surface area contributed by atoms with E-state index in [2.05, 4.69) is 5.32 Å². The van der Waals surface area contributed by atoms with Crippen molar-refractivity contribution in [1.82, 2.24) is 5.32 Å². The number of rotatable bonds is 8. The minimum Gasteiger partial charge on any atom is -0.455 e. The molecule has 0 aliphatic rings. The van der Waals surface area contributed by atoms with E-state index in [1.54, 1.807) is 12.1 Å². The van der Waals surface area contributed by atoms with Crippen molar-refractivity contribution in [2.24, 2.45) is 0 Å². The Morgan fingerprint density at radius 2 is 1.72 bits per heavy atom. The molecule has 29 heavy (non-hydrogen) atoms. The van der Waals surface area contributed by atoms with Crippen molar-refractivity contribution < 1.29 is 18.7 Å². The van der Waals surface area contributed by atoms with Crippen molar-refractivity contribution in [1.29, 1.82) is 0 Å². The number of esters is 1. The summed E-state index contributed by atoms with van der Waals surface area (Å²) < 4.78 is 18.5. The van der Waals surface area contributed by atoms with Gasteiger partial charge in [0.15, 0.2) is 6.61 Å². The number of halogens is 1. The lowest BCUT2D eigenvalue weighted by Gasteiger charge is -2.19. The van der Waals surface area contributed by atoms with Crippen molar-refractivity contribution >= 4 is 23.2 Å². The summed E-state index contributed by atoms with van der Waals surface area (Å²) in [6.45, 7) is 1.53. The number of amides is 1. The van der Waals surface area contributed by atoms with Crippen LogP contribution in [0, 0.1) is 5.82 Å². The highest BCUT2D eigenvalue weighted by molar-refractivity contribution is 7.10. The first-order chi connectivity index (χ1) is 14.1. The summed E-state index contributed by atoms with van der Waals surface area (Å²) in [4.78, 5) is 25.9. The van der Waals surface area contributed by atoms with Gasteiger partial charge in [0.1, 0.15) is 5.82 Å². The number of carbonyl (C=O) groups excluding carboxylic acids is 2. The van der Waals surface area contributed by atoms with E-state index in [4.69, 9.17) is 4.74 Å². The maximum Gasteiger partial charge on any atom is 0.313 e. The largest absolute Gasteiger partial charge is 0.455 e. The zero-order chi connectivity index (χ0) is 20.6. The van der Waals surface area contributed by atoms with Crippen molar-refractivity contribution in [3.05, 3.63) is 93.9 Å². The molecule has 0 unspecified atom stereocenters. The van der Waals surface area contributed by atoms with Gasteiger partial charge in [-0.15, -0.1) is 11.3 Å². The summed E-state index contributed by atoms with van der Waals surface area (Å²) >= 11 is 1.49. The number of benzene rings is 2. The van der Waals surface area contributed by atoms with E-state index in [0.717, 1.165) is 16.0 Å². The summed E-state index contributed by atoms with van der Waals surface area (Å²) in [6, 6.07) is 18.7. The Morgan fingerprint density at radius 1 is 1.00 bits per heavy atom. The molecule has 2 atom stereocenters. The number of carbonyl (C=O) groups is 2. The van der Waals surface area contributed by atoms with Gasteiger partial charge in [-0.3, -0.25) is 9.59 Å². The number of nitrogens with one attached hydrogen (secondary N) is 1. The van der Waals surface area contributed by atoms with E-state index in [1.165, 1.54) is 23.5 Å². The third kappa shape index (κ3) is 5.51. The van der Waals surface area contributed by atoms with Crippen molar-refractivity contribution in [3.8, 4) is 0 Å². The minimum absolute atomic E-state index is 0.342. The van der Waals surface area contributed by atoms with Crippen LogP contribution >= 0.6 is 11.3 Å². The van der Waals surface area contributed by atoms with Crippen LogP contribution in [0.1, 0.15) is 41.3 Å². The number of ether oxygens (including phenoxy) is 1. The van der Waals surface area contributed by atoms with E-state index in [-0.39, 0.29) is 12.4 Å². The van der Waals surface area contributed by atoms with Crippen LogP contribution < -0.4 is 5.32 Å². The van der Waals surface area contributed by atoms with Gasteiger partial charge in [-0.05, 0) is 41.1 Å². The Hall–Kier alpha value is -2.99. The highest BCUT2D eigenvalue weighted by Crippen LogP contribution is 2.26. The van der Waals surface area contributed by atoms with E-state index >= 15 is 0 Å². The van der Waals surface area contributed by atoms with Gasteiger partial charge in [0.05, 0.1) is 12.0 Å². The monoisotopic (exact) mass is 411 g/mol. The molecule has 0 aliphatic heterocycles. The van der Waals surface area contributed by atoms with Gasteiger partial charge in [-0.25, -0.2) is 4.39 Å². The molecular weight excluding hydrogens is 389 g/mol. The average Bonchev–Trinajstić information content (AvgIpc) is 3.27. The predicted molar refractivity (Wildman–Crippen MR) is 111 cm³/mol. The molecule has 0 saturated carbocycles. The SMILES string of the molecule is CC[C@H](C(=O)OCC(=O)N[C@H](c1ccc(F)cc1)c1cccs1)c1ccccc1. The molecule has 6 heteroatoms. The van der Waals surface area contributed by atoms with Gasteiger partial charge < -0.3 is 10.1 Å². The van der Waals surface area contributed by atoms with Gasteiger partial charge in [-0.1, -0.05) is 55.5 Å². The Balaban J connectivity index is 1.64. The molecule has 1 aromatic heterocycles. The molecule has 1 heterocycles. The van der Waals surface area contributed by atoms with E-state index in [9.17, 15) is 14.0 Å².